The van der Waals surface area contributed by atoms with Gasteiger partial charge < -0.3 is 13.7 Å². The van der Waals surface area contributed by atoms with Gasteiger partial charge in [-0.05, 0) is 38.5 Å². The third-order valence-electron chi connectivity index (χ3n) is 4.64. The highest BCUT2D eigenvalue weighted by Gasteiger charge is 2.20. The highest BCUT2D eigenvalue weighted by molar-refractivity contribution is 5.45. The number of hydrogen-bond acceptors (Lipinski definition) is 7. The summed E-state index contributed by atoms with van der Waals surface area (Å²) < 4.78 is 11.4. The molecule has 1 aliphatic rings. The van der Waals surface area contributed by atoms with E-state index >= 15 is 0 Å². The lowest BCUT2D eigenvalue weighted by Gasteiger charge is -2.21. The van der Waals surface area contributed by atoms with E-state index < -0.39 is 0 Å². The quantitative estimate of drug-likeness (QED) is 0.714. The molecule has 0 spiro atoms. The second-order valence-corrected chi connectivity index (χ2v) is 6.60. The molecule has 0 N–H and O–H groups in total. The molecule has 0 bridgehead atoms. The predicted molar refractivity (Wildman–Crippen MR) is 97.8 cm³/mol. The summed E-state index contributed by atoms with van der Waals surface area (Å²) in [7, 11) is 0. The number of hydrogen-bond donors (Lipinski definition) is 0. The molecule has 7 heteroatoms. The number of anilines is 1. The lowest BCUT2D eigenvalue weighted by Crippen LogP contribution is -2.31. The van der Waals surface area contributed by atoms with Gasteiger partial charge in [-0.2, -0.15) is 0 Å². The van der Waals surface area contributed by atoms with Crippen LogP contribution in [0.5, 0.6) is 0 Å². The van der Waals surface area contributed by atoms with Crippen molar-refractivity contribution < 1.29 is 8.83 Å². The molecule has 1 aliphatic heterocycles. The Hall–Kier alpha value is -2.67. The average Bonchev–Trinajstić information content (AvgIpc) is 3.15. The molecule has 0 unspecified atom stereocenters. The molecule has 0 radical (unpaired) electrons. The van der Waals surface area contributed by atoms with Crippen LogP contribution in [0.2, 0.25) is 0 Å². The lowest BCUT2D eigenvalue weighted by atomic mass is 10.3. The van der Waals surface area contributed by atoms with E-state index in [9.17, 15) is 0 Å². The van der Waals surface area contributed by atoms with Crippen LogP contribution in [-0.2, 0) is 6.54 Å². The van der Waals surface area contributed by atoms with Gasteiger partial charge in [0.1, 0.15) is 11.5 Å². The zero-order valence-corrected chi connectivity index (χ0v) is 15.2. The van der Waals surface area contributed by atoms with Crippen molar-refractivity contribution in [2.45, 2.75) is 26.8 Å². The first-order valence-corrected chi connectivity index (χ1v) is 8.96. The fraction of sp³-hybridized carbons (Fsp3) is 0.421. The van der Waals surface area contributed by atoms with E-state index in [0.29, 0.717) is 11.7 Å². The fourth-order valence-corrected chi connectivity index (χ4v) is 3.22. The zero-order chi connectivity index (χ0) is 17.9. The Kier molecular flexibility index (Phi) is 4.71. The second-order valence-electron chi connectivity index (χ2n) is 6.60. The normalized spacial score (nSPS) is 16.0. The molecular formula is C19H23N5O2. The first-order chi connectivity index (χ1) is 12.7. The van der Waals surface area contributed by atoms with Gasteiger partial charge in [0.15, 0.2) is 5.76 Å². The molecule has 0 saturated carbocycles. The van der Waals surface area contributed by atoms with Crippen molar-refractivity contribution >= 4 is 5.95 Å². The third-order valence-corrected chi connectivity index (χ3v) is 4.64. The van der Waals surface area contributed by atoms with E-state index in [0.717, 1.165) is 62.3 Å². The van der Waals surface area contributed by atoms with Gasteiger partial charge in [0, 0.05) is 45.1 Å². The van der Waals surface area contributed by atoms with Crippen LogP contribution >= 0.6 is 0 Å². The molecule has 1 fully saturated rings. The van der Waals surface area contributed by atoms with E-state index in [1.165, 1.54) is 0 Å². The number of oxazole rings is 1. The summed E-state index contributed by atoms with van der Waals surface area (Å²) >= 11 is 0. The van der Waals surface area contributed by atoms with Gasteiger partial charge in [0.05, 0.1) is 5.69 Å². The van der Waals surface area contributed by atoms with Crippen LogP contribution < -0.4 is 4.90 Å². The Morgan fingerprint density at radius 2 is 1.85 bits per heavy atom. The molecule has 1 saturated heterocycles. The maximum atomic E-state index is 5.82. The maximum absolute atomic E-state index is 5.82. The minimum atomic E-state index is 0.555. The van der Waals surface area contributed by atoms with Gasteiger partial charge in [-0.25, -0.2) is 15.0 Å². The maximum Gasteiger partial charge on any atom is 0.263 e. The number of nitrogens with zero attached hydrogens (tertiary/aromatic N) is 5. The van der Waals surface area contributed by atoms with E-state index in [-0.39, 0.29) is 0 Å². The Bertz CT molecular complexity index is 858. The van der Waals surface area contributed by atoms with Crippen molar-refractivity contribution in [3.63, 3.8) is 0 Å². The van der Waals surface area contributed by atoms with Crippen molar-refractivity contribution in [3.8, 4) is 11.7 Å². The molecule has 136 valence electrons. The van der Waals surface area contributed by atoms with Crippen LogP contribution in [0.4, 0.5) is 5.95 Å². The minimum absolute atomic E-state index is 0.555. The summed E-state index contributed by atoms with van der Waals surface area (Å²) in [5, 5.41) is 0. The number of rotatable bonds is 4. The molecule has 0 atom stereocenters. The Labute approximate surface area is 152 Å². The van der Waals surface area contributed by atoms with Gasteiger partial charge in [-0.3, -0.25) is 4.90 Å². The zero-order valence-electron chi connectivity index (χ0n) is 15.2. The molecule has 3 aromatic heterocycles. The molecule has 0 aliphatic carbocycles. The monoisotopic (exact) mass is 353 g/mol. The smallest absolute Gasteiger partial charge is 0.263 e. The highest BCUT2D eigenvalue weighted by atomic mass is 16.4. The van der Waals surface area contributed by atoms with Crippen molar-refractivity contribution in [1.82, 2.24) is 19.9 Å². The van der Waals surface area contributed by atoms with Gasteiger partial charge >= 0.3 is 0 Å². The first kappa shape index (κ1) is 16.8. The van der Waals surface area contributed by atoms with E-state index in [2.05, 4.69) is 24.8 Å². The van der Waals surface area contributed by atoms with Gasteiger partial charge in [-0.15, -0.1) is 0 Å². The van der Waals surface area contributed by atoms with Gasteiger partial charge in [0.25, 0.3) is 5.89 Å². The Morgan fingerprint density at radius 3 is 2.62 bits per heavy atom. The van der Waals surface area contributed by atoms with Gasteiger partial charge in [-0.1, -0.05) is 0 Å². The Morgan fingerprint density at radius 1 is 1.00 bits per heavy atom. The summed E-state index contributed by atoms with van der Waals surface area (Å²) in [6.45, 7) is 8.49. The minimum Gasteiger partial charge on any atom is -0.456 e. The van der Waals surface area contributed by atoms with Gasteiger partial charge in [0.2, 0.25) is 5.95 Å². The highest BCUT2D eigenvalue weighted by Crippen LogP contribution is 2.24. The first-order valence-electron chi connectivity index (χ1n) is 8.96. The molecule has 0 aromatic carbocycles. The summed E-state index contributed by atoms with van der Waals surface area (Å²) in [5.74, 6) is 3.75. The standard InChI is InChI=1S/C19H23N5O2/c1-14-5-6-17(25-14)18-22-16(15(2)26-18)13-23-9-4-10-24(12-11-23)19-20-7-3-8-21-19/h3,5-8H,4,9-13H2,1-2H3. The van der Waals surface area contributed by atoms with Crippen molar-refractivity contribution in [2.75, 3.05) is 31.1 Å². The molecule has 0 amide bonds. The van der Waals surface area contributed by atoms with Crippen LogP contribution in [0.3, 0.4) is 0 Å². The van der Waals surface area contributed by atoms with Crippen molar-refractivity contribution in [1.29, 1.82) is 0 Å². The summed E-state index contributed by atoms with van der Waals surface area (Å²) in [4.78, 5) is 18.0. The summed E-state index contributed by atoms with van der Waals surface area (Å²) in [6, 6.07) is 5.66. The summed E-state index contributed by atoms with van der Waals surface area (Å²) in [5.41, 5.74) is 0.971. The topological polar surface area (TPSA) is 71.4 Å². The van der Waals surface area contributed by atoms with Crippen molar-refractivity contribution in [3.05, 3.63) is 47.8 Å². The third kappa shape index (κ3) is 3.62. The lowest BCUT2D eigenvalue weighted by molar-refractivity contribution is 0.281. The number of aromatic nitrogens is 3. The SMILES string of the molecule is Cc1ccc(-c2nc(CN3CCCN(c4ncccn4)CC3)c(C)o2)o1. The molecule has 3 aromatic rings. The van der Waals surface area contributed by atoms with E-state index in [1.807, 2.05) is 32.0 Å². The number of aryl methyl sites for hydroxylation is 2. The van der Waals surface area contributed by atoms with Crippen molar-refractivity contribution in [2.24, 2.45) is 0 Å². The molecular weight excluding hydrogens is 330 g/mol. The average molecular weight is 353 g/mol. The van der Waals surface area contributed by atoms with Crippen LogP contribution in [0, 0.1) is 13.8 Å². The fourth-order valence-electron chi connectivity index (χ4n) is 3.22. The Balaban J connectivity index is 1.42. The van der Waals surface area contributed by atoms with Crippen LogP contribution in [0.15, 0.2) is 39.4 Å². The number of furan rings is 1. The van der Waals surface area contributed by atoms with E-state index in [1.54, 1.807) is 12.4 Å². The molecule has 4 rings (SSSR count). The van der Waals surface area contributed by atoms with Crippen LogP contribution in [0.1, 0.15) is 23.6 Å². The van der Waals surface area contributed by atoms with Crippen LogP contribution in [0.25, 0.3) is 11.7 Å². The molecule has 4 heterocycles. The molecule has 26 heavy (non-hydrogen) atoms. The molecule has 7 nitrogen and oxygen atoms in total. The van der Waals surface area contributed by atoms with Crippen LogP contribution in [-0.4, -0.2) is 46.0 Å². The predicted octanol–water partition coefficient (Wildman–Crippen LogP) is 3.05. The van der Waals surface area contributed by atoms with E-state index in [4.69, 9.17) is 8.83 Å². The summed E-state index contributed by atoms with van der Waals surface area (Å²) in [6.07, 6.45) is 4.66. The second kappa shape index (κ2) is 7.29. The largest absolute Gasteiger partial charge is 0.456 e.